The highest BCUT2D eigenvalue weighted by Crippen LogP contribution is 2.37. The van der Waals surface area contributed by atoms with E-state index in [1.165, 1.54) is 23.5 Å². The molecule has 11 heteroatoms. The van der Waals surface area contributed by atoms with Crippen LogP contribution in [0.3, 0.4) is 0 Å². The van der Waals surface area contributed by atoms with E-state index in [0.717, 1.165) is 40.0 Å². The van der Waals surface area contributed by atoms with Crippen molar-refractivity contribution in [2.24, 2.45) is 0 Å². The summed E-state index contributed by atoms with van der Waals surface area (Å²) in [5, 5.41) is 0.940. The van der Waals surface area contributed by atoms with Crippen LogP contribution >= 0.6 is 0 Å². The molecule has 1 aliphatic rings. The summed E-state index contributed by atoms with van der Waals surface area (Å²) >= 11 is 0. The second kappa shape index (κ2) is 13.2. The lowest BCUT2D eigenvalue weighted by Crippen LogP contribution is -2.43. The molecule has 0 aliphatic heterocycles. The van der Waals surface area contributed by atoms with Gasteiger partial charge in [0.2, 0.25) is 10.0 Å². The molecule has 0 N–H and O–H groups in total. The Hall–Kier alpha value is -4.61. The largest absolute Gasteiger partial charge is 0.487 e. The van der Waals surface area contributed by atoms with Gasteiger partial charge in [-0.2, -0.15) is 4.31 Å². The monoisotopic (exact) mass is 628 g/mol. The number of ether oxygens (including phenoxy) is 2. The van der Waals surface area contributed by atoms with E-state index in [-0.39, 0.29) is 23.8 Å². The summed E-state index contributed by atoms with van der Waals surface area (Å²) < 4.78 is 56.6. The van der Waals surface area contributed by atoms with Gasteiger partial charge in [0.1, 0.15) is 18.2 Å². The number of methoxy groups -OCH3 is 1. The van der Waals surface area contributed by atoms with Gasteiger partial charge in [-0.15, -0.1) is 0 Å². The molecular formula is C34H33FN4O5S. The Morgan fingerprint density at radius 1 is 1.00 bits per heavy atom. The Bertz CT molecular complexity index is 1900. The van der Waals surface area contributed by atoms with Gasteiger partial charge in [0.05, 0.1) is 36.4 Å². The van der Waals surface area contributed by atoms with Crippen LogP contribution in [-0.4, -0.2) is 46.4 Å². The Labute approximate surface area is 261 Å². The lowest BCUT2D eigenvalue weighted by molar-refractivity contribution is -0.140. The molecule has 5 aromatic rings. The topological polar surface area (TPSA) is 104 Å². The summed E-state index contributed by atoms with van der Waals surface area (Å²) in [6.45, 7) is 0.802. The summed E-state index contributed by atoms with van der Waals surface area (Å²) in [6.07, 6.45) is 5.15. The van der Waals surface area contributed by atoms with Crippen molar-refractivity contribution in [3.8, 4) is 5.75 Å². The van der Waals surface area contributed by atoms with Gasteiger partial charge in [-0.1, -0.05) is 12.1 Å². The number of benzene rings is 2. The number of hydrogen-bond donors (Lipinski definition) is 0. The van der Waals surface area contributed by atoms with Crippen LogP contribution in [0.15, 0.2) is 96.2 Å². The minimum absolute atomic E-state index is 0.0244. The van der Waals surface area contributed by atoms with Gasteiger partial charge in [0.15, 0.2) is 0 Å². The Morgan fingerprint density at radius 2 is 1.73 bits per heavy atom. The van der Waals surface area contributed by atoms with Gasteiger partial charge < -0.3 is 14.0 Å². The molecule has 0 fully saturated rings. The number of sulfonamides is 1. The third-order valence-electron chi connectivity index (χ3n) is 8.16. The standard InChI is InChI=1S/C34H33FN4O5S/c1-43-34(40)16-19-38-32-14-10-27(20-30(32)31-21-28(11-15-33(31)38)44-23-26-7-3-5-18-37-26)39(22-25-6-2-4-17-36-25)45(41,42)29-12-8-24(35)9-13-29/h2-9,11-13,15,17-18,21,27H,10,14,16,19-20,22-23H2,1H3. The molecule has 0 saturated carbocycles. The third kappa shape index (κ3) is 6.59. The molecule has 9 nitrogen and oxygen atoms in total. The molecule has 0 bridgehead atoms. The number of hydrogen-bond acceptors (Lipinski definition) is 7. The lowest BCUT2D eigenvalue weighted by Gasteiger charge is -2.34. The second-order valence-electron chi connectivity index (χ2n) is 10.9. The normalized spacial score (nSPS) is 14.8. The molecule has 0 spiro atoms. The minimum atomic E-state index is -4.01. The number of halogens is 1. The van der Waals surface area contributed by atoms with E-state index >= 15 is 0 Å². The molecule has 45 heavy (non-hydrogen) atoms. The number of esters is 1. The molecular weight excluding hydrogens is 595 g/mol. The molecule has 232 valence electrons. The van der Waals surface area contributed by atoms with Gasteiger partial charge >= 0.3 is 5.97 Å². The molecule has 0 amide bonds. The first-order valence-electron chi connectivity index (χ1n) is 14.7. The zero-order chi connectivity index (χ0) is 31.4. The van der Waals surface area contributed by atoms with Crippen molar-refractivity contribution >= 4 is 26.9 Å². The van der Waals surface area contributed by atoms with E-state index in [1.807, 2.05) is 42.5 Å². The Morgan fingerprint density at radius 3 is 2.42 bits per heavy atom. The number of nitrogens with zero attached hydrogens (tertiary/aromatic N) is 4. The summed E-state index contributed by atoms with van der Waals surface area (Å²) in [7, 11) is -2.64. The maximum atomic E-state index is 14.1. The minimum Gasteiger partial charge on any atom is -0.487 e. The fourth-order valence-electron chi connectivity index (χ4n) is 5.95. The third-order valence-corrected chi connectivity index (χ3v) is 10.1. The molecule has 3 aromatic heterocycles. The highest BCUT2D eigenvalue weighted by Gasteiger charge is 2.36. The van der Waals surface area contributed by atoms with E-state index in [1.54, 1.807) is 24.5 Å². The van der Waals surface area contributed by atoms with Crippen molar-refractivity contribution in [1.29, 1.82) is 0 Å². The van der Waals surface area contributed by atoms with E-state index in [2.05, 4.69) is 14.5 Å². The van der Waals surface area contributed by atoms with E-state index in [9.17, 15) is 17.6 Å². The average Bonchev–Trinajstić information content (AvgIpc) is 3.38. The molecule has 1 atom stereocenters. The quantitative estimate of drug-likeness (QED) is 0.179. The predicted octanol–water partition coefficient (Wildman–Crippen LogP) is 5.46. The smallest absolute Gasteiger partial charge is 0.307 e. The number of aromatic nitrogens is 3. The zero-order valence-corrected chi connectivity index (χ0v) is 25.6. The van der Waals surface area contributed by atoms with Gasteiger partial charge in [-0.3, -0.25) is 14.8 Å². The van der Waals surface area contributed by atoms with Gasteiger partial charge in [-0.05, 0) is 91.6 Å². The van der Waals surface area contributed by atoms with Crippen LogP contribution in [0, 0.1) is 5.82 Å². The first-order valence-corrected chi connectivity index (χ1v) is 16.2. The zero-order valence-electron chi connectivity index (χ0n) is 24.8. The van der Waals surface area contributed by atoms with Crippen LogP contribution in [0.5, 0.6) is 5.75 Å². The van der Waals surface area contributed by atoms with E-state index < -0.39 is 21.9 Å². The predicted molar refractivity (Wildman–Crippen MR) is 166 cm³/mol. The number of carbonyl (C=O) groups excluding carboxylic acids is 1. The van der Waals surface area contributed by atoms with Crippen molar-refractivity contribution in [3.63, 3.8) is 0 Å². The maximum absolute atomic E-state index is 14.1. The lowest BCUT2D eigenvalue weighted by atomic mass is 9.91. The van der Waals surface area contributed by atoms with Crippen LogP contribution in [0.25, 0.3) is 10.9 Å². The number of pyridine rings is 2. The molecule has 1 aliphatic carbocycles. The highest BCUT2D eigenvalue weighted by molar-refractivity contribution is 7.89. The number of rotatable bonds is 11. The van der Waals surface area contributed by atoms with E-state index in [4.69, 9.17) is 9.47 Å². The van der Waals surface area contributed by atoms with Crippen molar-refractivity contribution < 1.29 is 27.1 Å². The SMILES string of the molecule is COC(=O)CCn1c2c(c3cc(OCc4ccccn4)ccc31)CC(N(Cc1ccccn1)S(=O)(=O)c1ccc(F)cc1)CC2. The van der Waals surface area contributed by atoms with Crippen LogP contribution < -0.4 is 4.74 Å². The molecule has 6 rings (SSSR count). The maximum Gasteiger partial charge on any atom is 0.307 e. The Balaban J connectivity index is 1.38. The van der Waals surface area contributed by atoms with Gasteiger partial charge in [0.25, 0.3) is 0 Å². The number of aryl methyl sites for hydroxylation is 1. The summed E-state index contributed by atoms with van der Waals surface area (Å²) in [5.74, 6) is -0.151. The summed E-state index contributed by atoms with van der Waals surface area (Å²) in [4.78, 5) is 20.9. The highest BCUT2D eigenvalue weighted by atomic mass is 32.2. The van der Waals surface area contributed by atoms with Crippen molar-refractivity contribution in [1.82, 2.24) is 18.8 Å². The van der Waals surface area contributed by atoms with Crippen molar-refractivity contribution in [2.45, 2.75) is 56.3 Å². The van der Waals surface area contributed by atoms with Crippen LogP contribution in [-0.2, 0) is 52.1 Å². The molecule has 2 aromatic carbocycles. The van der Waals surface area contributed by atoms with Crippen LogP contribution in [0.4, 0.5) is 4.39 Å². The number of carbonyl (C=O) groups is 1. The van der Waals surface area contributed by atoms with Crippen molar-refractivity contribution in [3.05, 3.63) is 120 Å². The molecule has 0 saturated heterocycles. The van der Waals surface area contributed by atoms with Gasteiger partial charge in [0, 0.05) is 41.6 Å². The fraction of sp³-hybridized carbons (Fsp3) is 0.265. The summed E-state index contributed by atoms with van der Waals surface area (Å²) in [5.41, 5.74) is 4.41. The molecule has 3 heterocycles. The first kappa shape index (κ1) is 30.4. The Kier molecular flexibility index (Phi) is 8.90. The average molecular weight is 629 g/mol. The second-order valence-corrected chi connectivity index (χ2v) is 12.8. The molecule has 1 unspecified atom stereocenters. The molecule has 0 radical (unpaired) electrons. The van der Waals surface area contributed by atoms with E-state index in [0.29, 0.717) is 43.9 Å². The van der Waals surface area contributed by atoms with Crippen LogP contribution in [0.2, 0.25) is 0 Å². The van der Waals surface area contributed by atoms with Crippen molar-refractivity contribution in [2.75, 3.05) is 7.11 Å². The fourth-order valence-corrected chi connectivity index (χ4v) is 7.58. The first-order chi connectivity index (χ1) is 21.8. The van der Waals surface area contributed by atoms with Gasteiger partial charge in [-0.25, -0.2) is 12.8 Å². The van der Waals surface area contributed by atoms with Crippen LogP contribution in [0.1, 0.15) is 35.5 Å². The summed E-state index contributed by atoms with van der Waals surface area (Å²) in [6, 6.07) is 21.4. The number of fused-ring (bicyclic) bond motifs is 3.